The van der Waals surface area contributed by atoms with Crippen LogP contribution in [0.15, 0.2) is 66.7 Å². The van der Waals surface area contributed by atoms with Gasteiger partial charge in [-0.2, -0.15) is 5.10 Å². The first-order chi connectivity index (χ1) is 16.2. The van der Waals surface area contributed by atoms with E-state index >= 15 is 0 Å². The van der Waals surface area contributed by atoms with E-state index in [-0.39, 0.29) is 17.1 Å². The lowest BCUT2D eigenvalue weighted by Crippen LogP contribution is -2.14. The molecule has 0 aliphatic rings. The molecule has 0 bridgehead atoms. The fourth-order valence-corrected chi connectivity index (χ4v) is 3.75. The molecule has 1 amide bonds. The minimum Gasteiger partial charge on any atom is -0.457 e. The van der Waals surface area contributed by atoms with Gasteiger partial charge in [0.15, 0.2) is 0 Å². The molecule has 0 spiro atoms. The first-order valence-corrected chi connectivity index (χ1v) is 10.7. The summed E-state index contributed by atoms with van der Waals surface area (Å²) in [6, 6.07) is 19.4. The van der Waals surface area contributed by atoms with Gasteiger partial charge in [0.2, 0.25) is 0 Å². The van der Waals surface area contributed by atoms with Crippen LogP contribution in [0.4, 0.5) is 11.4 Å². The molecule has 4 aromatic rings. The molecule has 8 nitrogen and oxygen atoms in total. The molecule has 0 saturated heterocycles. The van der Waals surface area contributed by atoms with Gasteiger partial charge in [0.25, 0.3) is 11.6 Å². The lowest BCUT2D eigenvalue weighted by atomic mass is 10.1. The van der Waals surface area contributed by atoms with Crippen molar-refractivity contribution in [3.63, 3.8) is 0 Å². The van der Waals surface area contributed by atoms with E-state index in [4.69, 9.17) is 4.74 Å². The van der Waals surface area contributed by atoms with Gasteiger partial charge in [-0.05, 0) is 57.0 Å². The van der Waals surface area contributed by atoms with Crippen LogP contribution >= 0.6 is 0 Å². The molecule has 1 aromatic heterocycles. The smallest absolute Gasteiger partial charge is 0.275 e. The first kappa shape index (κ1) is 22.7. The molecule has 1 heterocycles. The molecule has 8 heteroatoms. The van der Waals surface area contributed by atoms with Crippen LogP contribution in [0.2, 0.25) is 0 Å². The third kappa shape index (κ3) is 4.66. The van der Waals surface area contributed by atoms with Gasteiger partial charge in [0.1, 0.15) is 11.5 Å². The Hall–Kier alpha value is -4.46. The molecule has 0 unspecified atom stereocenters. The van der Waals surface area contributed by atoms with E-state index in [1.165, 1.54) is 12.1 Å². The maximum Gasteiger partial charge on any atom is 0.275 e. The molecular weight excluding hydrogens is 432 g/mol. The summed E-state index contributed by atoms with van der Waals surface area (Å²) in [5.41, 5.74) is 4.42. The number of rotatable bonds is 6. The molecule has 0 fully saturated rings. The van der Waals surface area contributed by atoms with Crippen LogP contribution in [0.25, 0.3) is 5.69 Å². The van der Waals surface area contributed by atoms with Crippen molar-refractivity contribution in [2.45, 2.75) is 27.7 Å². The van der Waals surface area contributed by atoms with Crippen molar-refractivity contribution < 1.29 is 14.5 Å². The number of nitro groups is 1. The van der Waals surface area contributed by atoms with Crippen molar-refractivity contribution in [2.24, 2.45) is 0 Å². The largest absolute Gasteiger partial charge is 0.457 e. The first-order valence-electron chi connectivity index (χ1n) is 10.7. The summed E-state index contributed by atoms with van der Waals surface area (Å²) in [7, 11) is 0. The van der Waals surface area contributed by atoms with Gasteiger partial charge in [-0.3, -0.25) is 14.9 Å². The minimum atomic E-state index is -0.518. The molecule has 4 rings (SSSR count). The summed E-state index contributed by atoms with van der Waals surface area (Å²) >= 11 is 0. The third-order valence-electron chi connectivity index (χ3n) is 5.45. The minimum absolute atomic E-state index is 0.188. The lowest BCUT2D eigenvalue weighted by Gasteiger charge is -2.12. The van der Waals surface area contributed by atoms with Crippen molar-refractivity contribution in [2.75, 3.05) is 5.32 Å². The van der Waals surface area contributed by atoms with Crippen LogP contribution in [0.3, 0.4) is 0 Å². The Morgan fingerprint density at radius 2 is 1.74 bits per heavy atom. The second-order valence-electron chi connectivity index (χ2n) is 8.09. The van der Waals surface area contributed by atoms with E-state index in [9.17, 15) is 14.9 Å². The van der Waals surface area contributed by atoms with Gasteiger partial charge >= 0.3 is 0 Å². The predicted molar refractivity (Wildman–Crippen MR) is 130 cm³/mol. The molecule has 3 aromatic carbocycles. The quantitative estimate of drug-likeness (QED) is 0.281. The zero-order valence-corrected chi connectivity index (χ0v) is 19.3. The van der Waals surface area contributed by atoms with Gasteiger partial charge in [0.05, 0.1) is 39.3 Å². The molecule has 34 heavy (non-hydrogen) atoms. The van der Waals surface area contributed by atoms with E-state index in [0.717, 1.165) is 16.8 Å². The van der Waals surface area contributed by atoms with E-state index in [0.29, 0.717) is 22.7 Å². The summed E-state index contributed by atoms with van der Waals surface area (Å²) in [6.07, 6.45) is 0. The molecular formula is C26H24N4O4. The number of benzene rings is 3. The number of hydrogen-bond donors (Lipinski definition) is 1. The number of amides is 1. The SMILES string of the molecule is Cc1ccc(C)c(Oc2cc(NC(=O)c3c(C)nn(-c4ccccc4)c3C)cc([N+](=O)[O-])c2)c1. The van der Waals surface area contributed by atoms with Gasteiger partial charge in [-0.1, -0.05) is 30.3 Å². The molecule has 1 N–H and O–H groups in total. The summed E-state index contributed by atoms with van der Waals surface area (Å²) in [4.78, 5) is 24.2. The molecule has 172 valence electrons. The number of nitrogens with zero attached hydrogens (tertiary/aromatic N) is 3. The fraction of sp³-hybridized carbons (Fsp3) is 0.154. The highest BCUT2D eigenvalue weighted by molar-refractivity contribution is 6.06. The summed E-state index contributed by atoms with van der Waals surface area (Å²) in [5, 5.41) is 18.8. The second-order valence-corrected chi connectivity index (χ2v) is 8.09. The average molecular weight is 457 g/mol. The Labute approximate surface area is 197 Å². The van der Waals surface area contributed by atoms with Crippen LogP contribution in [0.1, 0.15) is 32.9 Å². The number of para-hydroxylation sites is 1. The molecule has 0 aliphatic carbocycles. The second kappa shape index (κ2) is 9.19. The number of aromatic nitrogens is 2. The van der Waals surface area contributed by atoms with Gasteiger partial charge in [0, 0.05) is 12.1 Å². The van der Waals surface area contributed by atoms with Crippen LogP contribution in [0, 0.1) is 37.8 Å². The van der Waals surface area contributed by atoms with Crippen molar-refractivity contribution in [3.05, 3.63) is 105 Å². The summed E-state index contributed by atoms with van der Waals surface area (Å²) < 4.78 is 7.65. The Morgan fingerprint density at radius 1 is 1.00 bits per heavy atom. The number of hydrogen-bond acceptors (Lipinski definition) is 5. The zero-order valence-electron chi connectivity index (χ0n) is 19.3. The topological polar surface area (TPSA) is 99.3 Å². The number of carbonyl (C=O) groups excluding carboxylic acids is 1. The maximum atomic E-state index is 13.2. The number of nitrogens with one attached hydrogen (secondary N) is 1. The Morgan fingerprint density at radius 3 is 2.44 bits per heavy atom. The average Bonchev–Trinajstić information content (AvgIpc) is 3.10. The highest BCUT2D eigenvalue weighted by atomic mass is 16.6. The van der Waals surface area contributed by atoms with E-state index in [1.54, 1.807) is 17.7 Å². The Balaban J connectivity index is 1.66. The number of nitro benzene ring substituents is 1. The van der Waals surface area contributed by atoms with Crippen LogP contribution < -0.4 is 10.1 Å². The fourth-order valence-electron chi connectivity index (χ4n) is 3.75. The highest BCUT2D eigenvalue weighted by Gasteiger charge is 2.21. The Kier molecular flexibility index (Phi) is 6.14. The van der Waals surface area contributed by atoms with Gasteiger partial charge < -0.3 is 10.1 Å². The predicted octanol–water partition coefficient (Wildman–Crippen LogP) is 6.06. The van der Waals surface area contributed by atoms with Crippen LogP contribution in [-0.4, -0.2) is 20.6 Å². The van der Waals surface area contributed by atoms with E-state index in [2.05, 4.69) is 10.4 Å². The molecule has 0 aliphatic heterocycles. The molecule has 0 saturated carbocycles. The number of non-ortho nitro benzene ring substituents is 1. The van der Waals surface area contributed by atoms with E-state index < -0.39 is 10.8 Å². The number of anilines is 1. The highest BCUT2D eigenvalue weighted by Crippen LogP contribution is 2.32. The lowest BCUT2D eigenvalue weighted by molar-refractivity contribution is -0.384. The van der Waals surface area contributed by atoms with Crippen molar-refractivity contribution in [1.82, 2.24) is 9.78 Å². The van der Waals surface area contributed by atoms with Gasteiger partial charge in [-0.25, -0.2) is 4.68 Å². The van der Waals surface area contributed by atoms with Crippen LogP contribution in [0.5, 0.6) is 11.5 Å². The zero-order chi connectivity index (χ0) is 24.4. The number of carbonyl (C=O) groups is 1. The normalized spacial score (nSPS) is 10.7. The molecule has 0 atom stereocenters. The number of aryl methyl sites for hydroxylation is 3. The Bertz CT molecular complexity index is 1390. The number of ether oxygens (including phenoxy) is 1. The summed E-state index contributed by atoms with van der Waals surface area (Å²) in [5.74, 6) is 0.440. The third-order valence-corrected chi connectivity index (χ3v) is 5.45. The molecule has 0 radical (unpaired) electrons. The summed E-state index contributed by atoms with van der Waals surface area (Å²) in [6.45, 7) is 7.39. The van der Waals surface area contributed by atoms with Crippen molar-refractivity contribution in [1.29, 1.82) is 0 Å². The van der Waals surface area contributed by atoms with Crippen LogP contribution in [-0.2, 0) is 0 Å². The van der Waals surface area contributed by atoms with Crippen molar-refractivity contribution in [3.8, 4) is 17.2 Å². The maximum absolute atomic E-state index is 13.2. The standard InChI is InChI=1S/C26H24N4O4/c1-16-10-11-17(2)24(12-16)34-23-14-20(13-22(15-23)30(32)33)27-26(31)25-18(3)28-29(19(25)4)21-8-6-5-7-9-21/h5-15H,1-4H3,(H,27,31). The van der Waals surface area contributed by atoms with E-state index in [1.807, 2.05) is 69.3 Å². The van der Waals surface area contributed by atoms with Crippen molar-refractivity contribution >= 4 is 17.3 Å². The monoisotopic (exact) mass is 456 g/mol. The van der Waals surface area contributed by atoms with Gasteiger partial charge in [-0.15, -0.1) is 0 Å².